The Morgan fingerprint density at radius 1 is 0.489 bits per heavy atom. The number of aryl methyl sites for hydroxylation is 5. The zero-order chi connectivity index (χ0) is 65.2. The maximum atomic E-state index is 13.3. The summed E-state index contributed by atoms with van der Waals surface area (Å²) in [7, 11) is 9.73. The molecule has 20 heteroatoms. The van der Waals surface area contributed by atoms with Crippen molar-refractivity contribution in [1.29, 1.82) is 0 Å². The molecule has 1 aliphatic carbocycles. The SMILES string of the molecule is CCn1c(-c2nc3cc(C(=O)N4CCC[C@@H](N)C4)ccc3n2C)cc2ccccc21.COc1cc(C(=O)N2CC[C@@H](O)[C@@H](N)C2)cc2nc(-c3cc4ccccc4n3CC3CC3)n(C)c12.Cn1c(-c2nc3cc(C(=O)N4CCCC(N)C4)ccc3n2C)cc2ccccc21. The van der Waals surface area contributed by atoms with E-state index in [9.17, 15) is 19.5 Å². The Kier molecular flexibility index (Phi) is 16.7. The zero-order valence-electron chi connectivity index (χ0n) is 54.5. The van der Waals surface area contributed by atoms with Crippen molar-refractivity contribution >= 4 is 83.5 Å². The van der Waals surface area contributed by atoms with Gasteiger partial charge >= 0.3 is 0 Å². The second-order valence-electron chi connectivity index (χ2n) is 26.1. The van der Waals surface area contributed by atoms with E-state index in [1.54, 1.807) is 18.1 Å². The van der Waals surface area contributed by atoms with E-state index in [0.29, 0.717) is 61.0 Å². The molecule has 0 spiro atoms. The van der Waals surface area contributed by atoms with Gasteiger partial charge in [-0.3, -0.25) is 14.4 Å². The van der Waals surface area contributed by atoms with Crippen molar-refractivity contribution in [2.75, 3.05) is 46.4 Å². The molecular weight excluding hydrogens is 1180 g/mol. The van der Waals surface area contributed by atoms with E-state index in [-0.39, 0.29) is 29.8 Å². The Morgan fingerprint density at radius 3 is 1.49 bits per heavy atom. The van der Waals surface area contributed by atoms with Crippen LogP contribution in [0.3, 0.4) is 0 Å². The molecule has 3 saturated heterocycles. The number of hydrogen-bond donors (Lipinski definition) is 4. The van der Waals surface area contributed by atoms with Crippen LogP contribution in [0.25, 0.3) is 100 Å². The largest absolute Gasteiger partial charge is 0.494 e. The molecule has 94 heavy (non-hydrogen) atoms. The lowest BCUT2D eigenvalue weighted by molar-refractivity contribution is 0.0458. The van der Waals surface area contributed by atoms with Crippen molar-refractivity contribution in [1.82, 2.24) is 57.1 Å². The summed E-state index contributed by atoms with van der Waals surface area (Å²) in [6, 6.07) is 46.7. The van der Waals surface area contributed by atoms with Crippen LogP contribution in [-0.2, 0) is 41.3 Å². The van der Waals surface area contributed by atoms with Crippen LogP contribution < -0.4 is 21.9 Å². The first-order valence-corrected chi connectivity index (χ1v) is 33.1. The normalized spacial score (nSPS) is 18.5. The summed E-state index contributed by atoms with van der Waals surface area (Å²) in [5.41, 5.74) is 32.1. The van der Waals surface area contributed by atoms with Crippen molar-refractivity contribution in [3.63, 3.8) is 0 Å². The van der Waals surface area contributed by atoms with Crippen molar-refractivity contribution < 1.29 is 24.2 Å². The average Bonchev–Trinajstić information content (AvgIpc) is 1.63. The Labute approximate surface area is 545 Å². The van der Waals surface area contributed by atoms with Gasteiger partial charge in [-0.25, -0.2) is 15.0 Å². The molecule has 4 aliphatic rings. The third-order valence-electron chi connectivity index (χ3n) is 19.8. The Balaban J connectivity index is 0.000000122. The summed E-state index contributed by atoms with van der Waals surface area (Å²) in [4.78, 5) is 59.6. The van der Waals surface area contributed by atoms with Gasteiger partial charge < -0.3 is 69.1 Å². The number of methoxy groups -OCH3 is 1. The summed E-state index contributed by atoms with van der Waals surface area (Å²) < 4.78 is 18.8. The zero-order valence-corrected chi connectivity index (χ0v) is 54.5. The molecular formula is C74H83N15O5. The highest BCUT2D eigenvalue weighted by Gasteiger charge is 2.32. The van der Waals surface area contributed by atoms with Gasteiger partial charge in [-0.05, 0) is 143 Å². The van der Waals surface area contributed by atoms with Crippen LogP contribution in [0.4, 0.5) is 0 Å². The maximum absolute atomic E-state index is 13.3. The summed E-state index contributed by atoms with van der Waals surface area (Å²) in [5.74, 6) is 3.94. The minimum Gasteiger partial charge on any atom is -0.494 e. The van der Waals surface area contributed by atoms with E-state index in [4.69, 9.17) is 36.9 Å². The summed E-state index contributed by atoms with van der Waals surface area (Å²) in [6.45, 7) is 7.60. The first-order valence-electron chi connectivity index (χ1n) is 33.1. The Bertz CT molecular complexity index is 4880. The molecule has 20 nitrogen and oxygen atoms in total. The van der Waals surface area contributed by atoms with Gasteiger partial charge in [-0.1, -0.05) is 54.6 Å². The highest BCUT2D eigenvalue weighted by atomic mass is 16.5. The van der Waals surface area contributed by atoms with Crippen LogP contribution in [0.5, 0.6) is 5.75 Å². The van der Waals surface area contributed by atoms with Gasteiger partial charge in [0.05, 0.1) is 57.9 Å². The molecule has 7 N–H and O–H groups in total. The van der Waals surface area contributed by atoms with Crippen molar-refractivity contribution in [2.45, 2.75) is 89.2 Å². The molecule has 9 heterocycles. The van der Waals surface area contributed by atoms with Crippen LogP contribution in [-0.4, -0.2) is 150 Å². The standard InChI is InChI=1S/C27H31N5O3.C24H27N5O.C23H25N5O/c1-30-25-20(11-18(13-24(25)35-2)27(34)31-10-9-23(33)19(28)15-31)29-26(30)22-12-17-5-3-4-6-21(17)32(22)14-16-7-8-16;1-3-29-20-9-5-4-7-16(20)14-22(29)23-26-19-13-17(10-11-21(19)27(23)2)24(30)28-12-6-8-18(25)15-28;1-26-19-8-4-3-6-15(19)13-21(26)22-25-18-12-16(9-10-20(18)27(22)2)23(29)28-11-5-7-17(24)14-28/h3-6,11-13,16,19,23,33H,7-10,14-15,28H2,1-2H3;4-5,7,9-11,13-14,18H,3,6,8,12,15,25H2,1-2H3;3-4,6,8-10,12-13,17H,5,7,11,14,24H2,1-2H3/t19-,23+;18-;/m01./s1. The number of ether oxygens (including phenoxy) is 1. The van der Waals surface area contributed by atoms with E-state index in [1.165, 1.54) is 45.6 Å². The van der Waals surface area contributed by atoms with E-state index in [0.717, 1.165) is 120 Å². The Hall–Kier alpha value is -9.60. The second-order valence-corrected chi connectivity index (χ2v) is 26.1. The fourth-order valence-corrected chi connectivity index (χ4v) is 14.4. The predicted molar refractivity (Wildman–Crippen MR) is 372 cm³/mol. The summed E-state index contributed by atoms with van der Waals surface area (Å²) >= 11 is 0. The molecule has 16 rings (SSSR count). The monoisotopic (exact) mass is 1260 g/mol. The smallest absolute Gasteiger partial charge is 0.254 e. The fourth-order valence-electron chi connectivity index (χ4n) is 14.4. The molecule has 0 radical (unpaired) electrons. The number of aromatic nitrogens is 9. The number of amides is 3. The van der Waals surface area contributed by atoms with Gasteiger partial charge in [0.15, 0.2) is 17.5 Å². The number of hydrogen-bond acceptors (Lipinski definition) is 11. The number of carbonyl (C=O) groups excluding carboxylic acids is 3. The number of piperidine rings is 3. The first-order chi connectivity index (χ1) is 45.5. The molecule has 4 fully saturated rings. The quantitative estimate of drug-likeness (QED) is 0.100. The topological polar surface area (TPSA) is 237 Å². The molecule has 4 atom stereocenters. The third kappa shape index (κ3) is 11.6. The molecule has 6 aromatic carbocycles. The van der Waals surface area contributed by atoms with Crippen molar-refractivity contribution in [2.24, 2.45) is 51.3 Å². The van der Waals surface area contributed by atoms with Gasteiger partial charge in [0.25, 0.3) is 17.7 Å². The number of fused-ring (bicyclic) bond motifs is 6. The number of nitrogens with zero attached hydrogens (tertiary/aromatic N) is 12. The number of nitrogens with two attached hydrogens (primary N) is 3. The molecule has 0 bridgehead atoms. The van der Waals surface area contributed by atoms with Crippen LogP contribution in [0.15, 0.2) is 140 Å². The van der Waals surface area contributed by atoms with E-state index in [2.05, 4.69) is 120 Å². The fraction of sp³-hybridized carbons (Fsp3) is 0.351. The number of aliphatic hydroxyl groups is 1. The number of para-hydroxylation sites is 3. The number of benzene rings is 6. The molecule has 3 amide bonds. The van der Waals surface area contributed by atoms with Gasteiger partial charge in [0.2, 0.25) is 0 Å². The third-order valence-corrected chi connectivity index (χ3v) is 19.8. The molecule has 1 saturated carbocycles. The van der Waals surface area contributed by atoms with Crippen LogP contribution in [0.2, 0.25) is 0 Å². The summed E-state index contributed by atoms with van der Waals surface area (Å²) in [5, 5.41) is 13.5. The van der Waals surface area contributed by atoms with E-state index < -0.39 is 12.1 Å². The van der Waals surface area contributed by atoms with Gasteiger partial charge in [-0.2, -0.15) is 0 Å². The lowest BCUT2D eigenvalue weighted by Gasteiger charge is -2.34. The van der Waals surface area contributed by atoms with Crippen molar-refractivity contribution in [3.05, 3.63) is 156 Å². The van der Waals surface area contributed by atoms with Crippen LogP contribution in [0, 0.1) is 5.92 Å². The number of rotatable bonds is 10. The number of likely N-dealkylation sites (tertiary alicyclic amines) is 3. The minimum atomic E-state index is -0.572. The molecule has 12 aromatic rings. The molecule has 484 valence electrons. The van der Waals surface area contributed by atoms with Crippen LogP contribution in [0.1, 0.15) is 82.9 Å². The van der Waals surface area contributed by atoms with Gasteiger partial charge in [-0.15, -0.1) is 0 Å². The highest BCUT2D eigenvalue weighted by molar-refractivity contribution is 6.02. The predicted octanol–water partition coefficient (Wildman–Crippen LogP) is 10.2. The Morgan fingerprint density at radius 2 is 0.957 bits per heavy atom. The van der Waals surface area contributed by atoms with E-state index in [1.807, 2.05) is 85.5 Å². The molecule has 3 aliphatic heterocycles. The number of imidazole rings is 3. The first kappa shape index (κ1) is 61.9. The number of carbonyl (C=O) groups is 3. The summed E-state index contributed by atoms with van der Waals surface area (Å²) in [6.07, 6.45) is 6.34. The average molecular weight is 1260 g/mol. The lowest BCUT2D eigenvalue weighted by Crippen LogP contribution is -2.53. The second kappa shape index (κ2) is 25.4. The highest BCUT2D eigenvalue weighted by Crippen LogP contribution is 2.39. The lowest BCUT2D eigenvalue weighted by atomic mass is 10.0. The van der Waals surface area contributed by atoms with Crippen molar-refractivity contribution in [3.8, 4) is 40.3 Å². The minimum absolute atomic E-state index is 0.0406. The van der Waals surface area contributed by atoms with Crippen LogP contribution >= 0.6 is 0 Å². The molecule has 6 aromatic heterocycles. The van der Waals surface area contributed by atoms with E-state index >= 15 is 0 Å². The number of aliphatic hydroxyl groups excluding tert-OH is 1. The molecule has 1 unspecified atom stereocenters. The van der Waals surface area contributed by atoms with Gasteiger partial charge in [0, 0.05) is 148 Å². The maximum Gasteiger partial charge on any atom is 0.254 e. The van der Waals surface area contributed by atoms with Gasteiger partial charge in [0.1, 0.15) is 11.3 Å².